The molecule has 0 aliphatic carbocycles. The lowest BCUT2D eigenvalue weighted by atomic mass is 9.98. The molecule has 1 unspecified atom stereocenters. The minimum atomic E-state index is 0.0340. The van der Waals surface area contributed by atoms with Crippen molar-refractivity contribution in [2.75, 3.05) is 20.5 Å². The molecular formula is C12H16O4. The van der Waals surface area contributed by atoms with Crippen molar-refractivity contribution in [1.29, 1.82) is 0 Å². The zero-order valence-corrected chi connectivity index (χ0v) is 9.53. The van der Waals surface area contributed by atoms with Gasteiger partial charge in [0.05, 0.1) is 13.7 Å². The maximum atomic E-state index is 9.19. The first-order valence-electron chi connectivity index (χ1n) is 5.28. The highest BCUT2D eigenvalue weighted by Crippen LogP contribution is 2.35. The summed E-state index contributed by atoms with van der Waals surface area (Å²) in [6.45, 7) is 2.86. The van der Waals surface area contributed by atoms with Crippen molar-refractivity contribution < 1.29 is 19.3 Å². The average Bonchev–Trinajstić information content (AvgIpc) is 2.36. The molecule has 1 aliphatic rings. The fourth-order valence-corrected chi connectivity index (χ4v) is 1.78. The van der Waals surface area contributed by atoms with E-state index in [2.05, 4.69) is 0 Å². The van der Waals surface area contributed by atoms with Crippen LogP contribution in [0.25, 0.3) is 0 Å². The van der Waals surface area contributed by atoms with E-state index in [0.29, 0.717) is 6.61 Å². The average molecular weight is 224 g/mol. The molecule has 0 amide bonds. The molecule has 1 N–H and O–H groups in total. The summed E-state index contributed by atoms with van der Waals surface area (Å²) in [5, 5.41) is 9.19. The van der Waals surface area contributed by atoms with Crippen molar-refractivity contribution in [1.82, 2.24) is 0 Å². The fraction of sp³-hybridized carbons (Fsp3) is 0.500. The van der Waals surface area contributed by atoms with Gasteiger partial charge in [0.15, 0.2) is 6.79 Å². The molecule has 0 spiro atoms. The molecule has 16 heavy (non-hydrogen) atoms. The van der Waals surface area contributed by atoms with E-state index in [1.54, 1.807) is 7.11 Å². The SMILES string of the molecule is COc1cc2c(cc1C(C)CO)OCOC2. The van der Waals surface area contributed by atoms with Crippen LogP contribution in [0.15, 0.2) is 12.1 Å². The second kappa shape index (κ2) is 4.72. The molecule has 0 aromatic heterocycles. The lowest BCUT2D eigenvalue weighted by Gasteiger charge is -2.22. The summed E-state index contributed by atoms with van der Waals surface area (Å²) in [6.07, 6.45) is 0. The Morgan fingerprint density at radius 2 is 2.31 bits per heavy atom. The van der Waals surface area contributed by atoms with Gasteiger partial charge < -0.3 is 19.3 Å². The predicted molar refractivity (Wildman–Crippen MR) is 58.8 cm³/mol. The van der Waals surface area contributed by atoms with E-state index in [0.717, 1.165) is 22.6 Å². The number of aliphatic hydroxyl groups is 1. The molecule has 0 bridgehead atoms. The van der Waals surface area contributed by atoms with Crippen molar-refractivity contribution in [2.24, 2.45) is 0 Å². The molecule has 0 saturated heterocycles. The Hall–Kier alpha value is -1.26. The van der Waals surface area contributed by atoms with Gasteiger partial charge in [-0.05, 0) is 12.1 Å². The first kappa shape index (κ1) is 11.2. The highest BCUT2D eigenvalue weighted by atomic mass is 16.7. The number of fused-ring (bicyclic) bond motifs is 1. The van der Waals surface area contributed by atoms with Crippen molar-refractivity contribution in [2.45, 2.75) is 19.4 Å². The molecular weight excluding hydrogens is 208 g/mol. The highest BCUT2D eigenvalue weighted by Gasteiger charge is 2.18. The summed E-state index contributed by atoms with van der Waals surface area (Å²) in [5.41, 5.74) is 1.95. The third-order valence-corrected chi connectivity index (χ3v) is 2.77. The lowest BCUT2D eigenvalue weighted by molar-refractivity contribution is -0.0166. The van der Waals surface area contributed by atoms with E-state index in [-0.39, 0.29) is 19.3 Å². The van der Waals surface area contributed by atoms with Gasteiger partial charge in [0.2, 0.25) is 0 Å². The van der Waals surface area contributed by atoms with Crippen LogP contribution < -0.4 is 9.47 Å². The van der Waals surface area contributed by atoms with Gasteiger partial charge in [0, 0.05) is 23.7 Å². The zero-order valence-electron chi connectivity index (χ0n) is 9.53. The predicted octanol–water partition coefficient (Wildman–Crippen LogP) is 1.66. The Bertz CT molecular complexity index is 376. The Morgan fingerprint density at radius 3 is 3.00 bits per heavy atom. The number of hydrogen-bond acceptors (Lipinski definition) is 4. The van der Waals surface area contributed by atoms with Gasteiger partial charge in [-0.25, -0.2) is 0 Å². The van der Waals surface area contributed by atoms with E-state index in [1.807, 2.05) is 19.1 Å². The summed E-state index contributed by atoms with van der Waals surface area (Å²) in [5.74, 6) is 1.63. The maximum Gasteiger partial charge on any atom is 0.189 e. The number of ether oxygens (including phenoxy) is 3. The highest BCUT2D eigenvalue weighted by molar-refractivity contribution is 5.48. The van der Waals surface area contributed by atoms with E-state index < -0.39 is 0 Å². The zero-order chi connectivity index (χ0) is 11.5. The number of methoxy groups -OCH3 is 1. The number of benzene rings is 1. The van der Waals surface area contributed by atoms with Gasteiger partial charge in [0.25, 0.3) is 0 Å². The first-order chi connectivity index (χ1) is 7.76. The molecule has 4 nitrogen and oxygen atoms in total. The Morgan fingerprint density at radius 1 is 1.50 bits per heavy atom. The van der Waals surface area contributed by atoms with Crippen LogP contribution >= 0.6 is 0 Å². The molecule has 88 valence electrons. The quantitative estimate of drug-likeness (QED) is 0.848. The standard InChI is InChI=1S/C12H16O4/c1-8(5-13)10-4-11-9(3-12(10)14-2)6-15-7-16-11/h3-4,8,13H,5-7H2,1-2H3. The summed E-state index contributed by atoms with van der Waals surface area (Å²) >= 11 is 0. The summed E-state index contributed by atoms with van der Waals surface area (Å²) in [7, 11) is 1.62. The van der Waals surface area contributed by atoms with E-state index in [9.17, 15) is 5.11 Å². The van der Waals surface area contributed by atoms with E-state index >= 15 is 0 Å². The Labute approximate surface area is 94.8 Å². The normalized spacial score (nSPS) is 16.2. The summed E-state index contributed by atoms with van der Waals surface area (Å²) in [4.78, 5) is 0. The van der Waals surface area contributed by atoms with Gasteiger partial charge in [-0.15, -0.1) is 0 Å². The van der Waals surface area contributed by atoms with Crippen LogP contribution in [0.3, 0.4) is 0 Å². The maximum absolute atomic E-state index is 9.19. The van der Waals surface area contributed by atoms with Crippen LogP contribution in [-0.2, 0) is 11.3 Å². The van der Waals surface area contributed by atoms with Gasteiger partial charge in [-0.1, -0.05) is 6.92 Å². The topological polar surface area (TPSA) is 47.9 Å². The van der Waals surface area contributed by atoms with Crippen LogP contribution in [0.5, 0.6) is 11.5 Å². The number of rotatable bonds is 3. The van der Waals surface area contributed by atoms with Crippen molar-refractivity contribution in [3.8, 4) is 11.5 Å². The van der Waals surface area contributed by atoms with Crippen molar-refractivity contribution in [3.63, 3.8) is 0 Å². The van der Waals surface area contributed by atoms with Gasteiger partial charge >= 0.3 is 0 Å². The van der Waals surface area contributed by atoms with E-state index in [1.165, 1.54) is 0 Å². The molecule has 4 heteroatoms. The summed E-state index contributed by atoms with van der Waals surface area (Å²) in [6, 6.07) is 3.84. The third kappa shape index (κ3) is 1.99. The van der Waals surface area contributed by atoms with Gasteiger partial charge in [-0.2, -0.15) is 0 Å². The van der Waals surface area contributed by atoms with Crippen LogP contribution in [0, 0.1) is 0 Å². The molecule has 1 aromatic rings. The van der Waals surface area contributed by atoms with Crippen molar-refractivity contribution >= 4 is 0 Å². The van der Waals surface area contributed by atoms with Crippen LogP contribution in [-0.4, -0.2) is 25.6 Å². The van der Waals surface area contributed by atoms with Gasteiger partial charge in [-0.3, -0.25) is 0 Å². The van der Waals surface area contributed by atoms with Crippen LogP contribution in [0.2, 0.25) is 0 Å². The van der Waals surface area contributed by atoms with Crippen molar-refractivity contribution in [3.05, 3.63) is 23.3 Å². The van der Waals surface area contributed by atoms with E-state index in [4.69, 9.17) is 14.2 Å². The molecule has 2 rings (SSSR count). The minimum Gasteiger partial charge on any atom is -0.496 e. The van der Waals surface area contributed by atoms with Gasteiger partial charge in [0.1, 0.15) is 11.5 Å². The Balaban J connectivity index is 2.43. The second-order valence-corrected chi connectivity index (χ2v) is 3.90. The first-order valence-corrected chi connectivity index (χ1v) is 5.28. The number of aliphatic hydroxyl groups excluding tert-OH is 1. The minimum absolute atomic E-state index is 0.0340. The largest absolute Gasteiger partial charge is 0.496 e. The molecule has 1 atom stereocenters. The Kier molecular flexibility index (Phi) is 3.31. The second-order valence-electron chi connectivity index (χ2n) is 3.90. The fourth-order valence-electron chi connectivity index (χ4n) is 1.78. The molecule has 0 saturated carbocycles. The molecule has 1 aromatic carbocycles. The molecule has 1 heterocycles. The molecule has 0 fully saturated rings. The number of hydrogen-bond donors (Lipinski definition) is 1. The third-order valence-electron chi connectivity index (χ3n) is 2.77. The van der Waals surface area contributed by atoms with Crippen LogP contribution in [0.4, 0.5) is 0 Å². The summed E-state index contributed by atoms with van der Waals surface area (Å²) < 4.78 is 15.9. The molecule has 1 aliphatic heterocycles. The smallest absolute Gasteiger partial charge is 0.189 e. The monoisotopic (exact) mass is 224 g/mol. The molecule has 0 radical (unpaired) electrons. The lowest BCUT2D eigenvalue weighted by Crippen LogP contribution is -2.13. The van der Waals surface area contributed by atoms with Crippen LogP contribution in [0.1, 0.15) is 24.0 Å².